The van der Waals surface area contributed by atoms with E-state index in [0.29, 0.717) is 12.5 Å². The summed E-state index contributed by atoms with van der Waals surface area (Å²) in [6.45, 7) is 2.36. The molecule has 0 bridgehead atoms. The summed E-state index contributed by atoms with van der Waals surface area (Å²) in [5, 5.41) is 8.83. The van der Waals surface area contributed by atoms with E-state index in [2.05, 4.69) is 11.9 Å². The maximum atomic E-state index is 8.83. The fourth-order valence-electron chi connectivity index (χ4n) is 1.34. The average molecular weight is 182 g/mol. The third-order valence-corrected chi connectivity index (χ3v) is 2.33. The number of aromatic nitrogens is 2. The quantitative estimate of drug-likeness (QED) is 0.747. The second-order valence-corrected chi connectivity index (χ2v) is 3.63. The smallest absolute Gasteiger partial charge is 0.108 e. The Balaban J connectivity index is 2.24. The molecular formula is C10H18N2O. The summed E-state index contributed by atoms with van der Waals surface area (Å²) in [5.41, 5.74) is 0. The Hall–Kier alpha value is -0.830. The van der Waals surface area contributed by atoms with E-state index in [4.69, 9.17) is 5.11 Å². The Morgan fingerprint density at radius 2 is 2.38 bits per heavy atom. The second kappa shape index (κ2) is 5.02. The number of aryl methyl sites for hydroxylation is 2. The van der Waals surface area contributed by atoms with Crippen molar-refractivity contribution in [2.45, 2.75) is 26.2 Å². The molecule has 0 radical (unpaired) electrons. The first-order valence-corrected chi connectivity index (χ1v) is 4.81. The van der Waals surface area contributed by atoms with Crippen molar-refractivity contribution in [3.05, 3.63) is 18.2 Å². The van der Waals surface area contributed by atoms with E-state index in [9.17, 15) is 0 Å². The lowest BCUT2D eigenvalue weighted by molar-refractivity contribution is 0.228. The molecule has 0 spiro atoms. The molecule has 1 rings (SSSR count). The normalized spacial score (nSPS) is 13.2. The highest BCUT2D eigenvalue weighted by atomic mass is 16.3. The monoisotopic (exact) mass is 182 g/mol. The van der Waals surface area contributed by atoms with Crippen molar-refractivity contribution >= 4 is 0 Å². The van der Waals surface area contributed by atoms with Crippen LogP contribution in [-0.4, -0.2) is 21.3 Å². The molecular weight excluding hydrogens is 164 g/mol. The summed E-state index contributed by atoms with van der Waals surface area (Å²) in [6, 6.07) is 0. The maximum absolute atomic E-state index is 8.83. The summed E-state index contributed by atoms with van der Waals surface area (Å²) in [6.07, 6.45) is 6.97. The van der Waals surface area contributed by atoms with Crippen molar-refractivity contribution in [3.63, 3.8) is 0 Å². The van der Waals surface area contributed by atoms with Crippen molar-refractivity contribution in [2.75, 3.05) is 6.61 Å². The highest BCUT2D eigenvalue weighted by Gasteiger charge is 2.02. The maximum Gasteiger partial charge on any atom is 0.108 e. The molecule has 0 fully saturated rings. The topological polar surface area (TPSA) is 38.1 Å². The first-order chi connectivity index (χ1) is 6.24. The van der Waals surface area contributed by atoms with Gasteiger partial charge in [0.2, 0.25) is 0 Å². The lowest BCUT2D eigenvalue weighted by atomic mass is 10.1. The summed E-state index contributed by atoms with van der Waals surface area (Å²) < 4.78 is 2.05. The predicted molar refractivity (Wildman–Crippen MR) is 52.4 cm³/mol. The van der Waals surface area contributed by atoms with E-state index in [1.165, 1.54) is 0 Å². The summed E-state index contributed by atoms with van der Waals surface area (Å²) >= 11 is 0. The Morgan fingerprint density at radius 3 is 2.92 bits per heavy atom. The largest absolute Gasteiger partial charge is 0.396 e. The zero-order valence-corrected chi connectivity index (χ0v) is 8.40. The standard InChI is InChI=1S/C10H18N2O/c1-9(8-13)4-3-5-10-11-6-7-12(10)2/h6-7,9,13H,3-5,8H2,1-2H3. The molecule has 1 aromatic heterocycles. The van der Waals surface area contributed by atoms with Crippen LogP contribution in [0.25, 0.3) is 0 Å². The Morgan fingerprint density at radius 1 is 1.62 bits per heavy atom. The summed E-state index contributed by atoms with van der Waals surface area (Å²) in [7, 11) is 2.01. The third-order valence-electron chi connectivity index (χ3n) is 2.33. The molecule has 3 heteroatoms. The van der Waals surface area contributed by atoms with Crippen LogP contribution < -0.4 is 0 Å². The van der Waals surface area contributed by atoms with Crippen molar-refractivity contribution in [3.8, 4) is 0 Å². The van der Waals surface area contributed by atoms with Crippen molar-refractivity contribution in [2.24, 2.45) is 13.0 Å². The fourth-order valence-corrected chi connectivity index (χ4v) is 1.34. The van der Waals surface area contributed by atoms with Crippen LogP contribution in [0.15, 0.2) is 12.4 Å². The van der Waals surface area contributed by atoms with Gasteiger partial charge in [-0.1, -0.05) is 6.92 Å². The van der Waals surface area contributed by atoms with Gasteiger partial charge in [-0.25, -0.2) is 4.98 Å². The van der Waals surface area contributed by atoms with Crippen LogP contribution in [0.2, 0.25) is 0 Å². The predicted octanol–water partition coefficient (Wildman–Crippen LogP) is 1.37. The lowest BCUT2D eigenvalue weighted by Crippen LogP contribution is -2.03. The summed E-state index contributed by atoms with van der Waals surface area (Å²) in [5.74, 6) is 1.55. The molecule has 0 amide bonds. The first kappa shape index (κ1) is 10.3. The van der Waals surface area contributed by atoms with Crippen LogP contribution in [0.5, 0.6) is 0 Å². The van der Waals surface area contributed by atoms with Gasteiger partial charge in [0.1, 0.15) is 5.82 Å². The Bertz CT molecular complexity index is 245. The molecule has 0 saturated carbocycles. The van der Waals surface area contributed by atoms with Crippen LogP contribution in [-0.2, 0) is 13.5 Å². The molecule has 1 N–H and O–H groups in total. The van der Waals surface area contributed by atoms with Gasteiger partial charge in [0, 0.05) is 32.5 Å². The van der Waals surface area contributed by atoms with E-state index >= 15 is 0 Å². The molecule has 0 saturated heterocycles. The SMILES string of the molecule is CC(CO)CCCc1nccn1C. The molecule has 1 atom stereocenters. The number of rotatable bonds is 5. The zero-order valence-electron chi connectivity index (χ0n) is 8.40. The first-order valence-electron chi connectivity index (χ1n) is 4.81. The van der Waals surface area contributed by atoms with Crippen LogP contribution in [0, 0.1) is 5.92 Å². The molecule has 1 heterocycles. The van der Waals surface area contributed by atoms with Gasteiger partial charge in [0.15, 0.2) is 0 Å². The molecule has 3 nitrogen and oxygen atoms in total. The number of hydrogen-bond acceptors (Lipinski definition) is 2. The Labute approximate surface area is 79.4 Å². The molecule has 74 valence electrons. The van der Waals surface area contributed by atoms with E-state index in [-0.39, 0.29) is 0 Å². The van der Waals surface area contributed by atoms with Gasteiger partial charge < -0.3 is 9.67 Å². The van der Waals surface area contributed by atoms with Crippen LogP contribution in [0.3, 0.4) is 0 Å². The van der Waals surface area contributed by atoms with E-state index in [1.54, 1.807) is 0 Å². The number of nitrogens with zero attached hydrogens (tertiary/aromatic N) is 2. The van der Waals surface area contributed by atoms with Crippen LogP contribution in [0.4, 0.5) is 0 Å². The molecule has 0 aliphatic rings. The van der Waals surface area contributed by atoms with E-state index in [0.717, 1.165) is 25.1 Å². The fraction of sp³-hybridized carbons (Fsp3) is 0.700. The minimum absolute atomic E-state index is 0.292. The van der Waals surface area contributed by atoms with Crippen molar-refractivity contribution < 1.29 is 5.11 Å². The number of aliphatic hydroxyl groups excluding tert-OH is 1. The third kappa shape index (κ3) is 3.19. The van der Waals surface area contributed by atoms with Gasteiger partial charge in [-0.05, 0) is 18.8 Å². The van der Waals surface area contributed by atoms with Gasteiger partial charge in [0.05, 0.1) is 0 Å². The minimum Gasteiger partial charge on any atom is -0.396 e. The second-order valence-electron chi connectivity index (χ2n) is 3.63. The zero-order chi connectivity index (χ0) is 9.68. The minimum atomic E-state index is 0.292. The van der Waals surface area contributed by atoms with Gasteiger partial charge in [-0.15, -0.1) is 0 Å². The molecule has 0 aromatic carbocycles. The van der Waals surface area contributed by atoms with Gasteiger partial charge in [-0.3, -0.25) is 0 Å². The van der Waals surface area contributed by atoms with Gasteiger partial charge in [-0.2, -0.15) is 0 Å². The van der Waals surface area contributed by atoms with Crippen LogP contribution in [0.1, 0.15) is 25.6 Å². The van der Waals surface area contributed by atoms with E-state index < -0.39 is 0 Å². The highest BCUT2D eigenvalue weighted by molar-refractivity contribution is 4.90. The summed E-state index contributed by atoms with van der Waals surface area (Å²) in [4.78, 5) is 4.24. The molecule has 1 aromatic rings. The van der Waals surface area contributed by atoms with Gasteiger partial charge >= 0.3 is 0 Å². The van der Waals surface area contributed by atoms with Gasteiger partial charge in [0.25, 0.3) is 0 Å². The molecule has 0 aliphatic carbocycles. The number of aliphatic hydroxyl groups is 1. The molecule has 13 heavy (non-hydrogen) atoms. The average Bonchev–Trinajstić information content (AvgIpc) is 2.52. The molecule has 0 aliphatic heterocycles. The van der Waals surface area contributed by atoms with Crippen LogP contribution >= 0.6 is 0 Å². The Kier molecular flexibility index (Phi) is 3.96. The molecule has 1 unspecified atom stereocenters. The highest BCUT2D eigenvalue weighted by Crippen LogP contribution is 2.08. The number of imidazole rings is 1. The van der Waals surface area contributed by atoms with Crippen molar-refractivity contribution in [1.29, 1.82) is 0 Å². The van der Waals surface area contributed by atoms with E-state index in [1.807, 2.05) is 24.0 Å². The lowest BCUT2D eigenvalue weighted by Gasteiger charge is -2.06. The number of hydrogen-bond donors (Lipinski definition) is 1. The van der Waals surface area contributed by atoms with Crippen molar-refractivity contribution in [1.82, 2.24) is 9.55 Å².